The van der Waals surface area contributed by atoms with Gasteiger partial charge < -0.3 is 14.8 Å². The second-order valence-electron chi connectivity index (χ2n) is 10.1. The van der Waals surface area contributed by atoms with E-state index in [4.69, 9.17) is 4.98 Å². The van der Waals surface area contributed by atoms with Crippen LogP contribution in [0.2, 0.25) is 0 Å². The van der Waals surface area contributed by atoms with Crippen molar-refractivity contribution in [3.8, 4) is 0 Å². The highest BCUT2D eigenvalue weighted by Crippen LogP contribution is 2.28. The lowest BCUT2D eigenvalue weighted by Gasteiger charge is -2.30. The molecule has 2 aromatic heterocycles. The molecular formula is C27H38N6O3. The molecular weight excluding hydrogens is 456 g/mol. The number of aromatic nitrogens is 4. The molecule has 36 heavy (non-hydrogen) atoms. The van der Waals surface area contributed by atoms with E-state index in [1.54, 1.807) is 4.57 Å². The number of fused-ring (bicyclic) bond motifs is 1. The zero-order valence-corrected chi connectivity index (χ0v) is 21.7. The molecule has 9 nitrogen and oxygen atoms in total. The fraction of sp³-hybridized carbons (Fsp3) is 0.556. The minimum absolute atomic E-state index is 0.0973. The van der Waals surface area contributed by atoms with Gasteiger partial charge in [0.1, 0.15) is 5.82 Å². The summed E-state index contributed by atoms with van der Waals surface area (Å²) in [5.41, 5.74) is 1.83. The van der Waals surface area contributed by atoms with Crippen molar-refractivity contribution in [3.05, 3.63) is 50.9 Å². The van der Waals surface area contributed by atoms with E-state index in [-0.39, 0.29) is 18.2 Å². The van der Waals surface area contributed by atoms with Crippen LogP contribution in [-0.4, -0.2) is 38.1 Å². The summed E-state index contributed by atoms with van der Waals surface area (Å²) in [5.74, 6) is 0.821. The first-order valence-electron chi connectivity index (χ1n) is 13.2. The number of unbranched alkanes of at least 4 members (excludes halogenated alkanes) is 1. The van der Waals surface area contributed by atoms with Crippen LogP contribution < -0.4 is 21.5 Å². The third-order valence-corrected chi connectivity index (χ3v) is 6.70. The first kappa shape index (κ1) is 25.7. The number of H-pyrrole nitrogens is 1. The maximum atomic E-state index is 13.0. The molecule has 3 heterocycles. The predicted octanol–water partition coefficient (Wildman–Crippen LogP) is 3.90. The summed E-state index contributed by atoms with van der Waals surface area (Å²) in [6, 6.07) is 7.95. The van der Waals surface area contributed by atoms with Crippen molar-refractivity contribution in [1.82, 2.24) is 19.1 Å². The number of para-hydroxylation sites is 2. The molecule has 1 aliphatic heterocycles. The van der Waals surface area contributed by atoms with Crippen molar-refractivity contribution in [1.29, 1.82) is 0 Å². The fourth-order valence-corrected chi connectivity index (χ4v) is 4.92. The normalized spacial score (nSPS) is 14.1. The van der Waals surface area contributed by atoms with Gasteiger partial charge in [0.2, 0.25) is 5.91 Å². The quantitative estimate of drug-likeness (QED) is 0.445. The molecule has 0 unspecified atom stereocenters. The van der Waals surface area contributed by atoms with Gasteiger partial charge in [-0.3, -0.25) is 19.1 Å². The van der Waals surface area contributed by atoms with E-state index >= 15 is 0 Å². The molecule has 4 rings (SSSR count). The average Bonchev–Trinajstić information content (AvgIpc) is 3.21. The number of hydrogen-bond donors (Lipinski definition) is 2. The summed E-state index contributed by atoms with van der Waals surface area (Å²) in [5, 5.41) is 3.09. The Morgan fingerprint density at radius 2 is 1.86 bits per heavy atom. The second kappa shape index (κ2) is 11.6. The number of carbonyl (C=O) groups excluding carboxylic acids is 1. The van der Waals surface area contributed by atoms with Gasteiger partial charge in [0.05, 0.1) is 11.4 Å². The van der Waals surface area contributed by atoms with Gasteiger partial charge in [-0.1, -0.05) is 39.3 Å². The lowest BCUT2D eigenvalue weighted by molar-refractivity contribution is -0.116. The number of benzene rings is 1. The largest absolute Gasteiger partial charge is 0.370 e. The molecule has 2 N–H and O–H groups in total. The SMILES string of the molecule is CCCCn1c(=O)[nH]c(=O)c2c1nc(CCC(=O)Nc1ccccc1N1CCCCC1)n2CC(C)C. The van der Waals surface area contributed by atoms with E-state index < -0.39 is 11.2 Å². The van der Waals surface area contributed by atoms with E-state index in [9.17, 15) is 14.4 Å². The molecule has 0 spiro atoms. The number of piperidine rings is 1. The van der Waals surface area contributed by atoms with Crippen LogP contribution in [0, 0.1) is 5.92 Å². The van der Waals surface area contributed by atoms with Gasteiger partial charge in [0.15, 0.2) is 11.2 Å². The minimum atomic E-state index is -0.436. The standard InChI is InChI=1S/C27H38N6O3/c1-4-5-17-32-25-24(26(35)30-27(32)36)33(18-19(2)3)22(29-25)13-14-23(34)28-20-11-7-8-12-21(20)31-15-9-6-10-16-31/h7-8,11-12,19H,4-6,9-10,13-18H2,1-3H3,(H,28,34)(H,30,35,36). The molecule has 0 atom stereocenters. The van der Waals surface area contributed by atoms with Crippen LogP contribution in [0.3, 0.4) is 0 Å². The first-order valence-corrected chi connectivity index (χ1v) is 13.2. The van der Waals surface area contributed by atoms with Gasteiger partial charge in [0, 0.05) is 39.0 Å². The van der Waals surface area contributed by atoms with E-state index in [1.807, 2.05) is 22.8 Å². The predicted molar refractivity (Wildman–Crippen MR) is 144 cm³/mol. The Morgan fingerprint density at radius 1 is 1.11 bits per heavy atom. The lowest BCUT2D eigenvalue weighted by Crippen LogP contribution is -2.31. The molecule has 1 amide bonds. The average molecular weight is 495 g/mol. The van der Waals surface area contributed by atoms with Crippen LogP contribution in [0.25, 0.3) is 11.2 Å². The Kier molecular flexibility index (Phi) is 8.28. The number of aromatic amines is 1. The number of imidazole rings is 1. The number of hydrogen-bond acceptors (Lipinski definition) is 5. The molecule has 9 heteroatoms. The van der Waals surface area contributed by atoms with E-state index in [0.717, 1.165) is 50.1 Å². The van der Waals surface area contributed by atoms with Crippen molar-refractivity contribution in [2.75, 3.05) is 23.3 Å². The van der Waals surface area contributed by atoms with E-state index in [1.165, 1.54) is 6.42 Å². The van der Waals surface area contributed by atoms with Crippen molar-refractivity contribution >= 4 is 28.4 Å². The third-order valence-electron chi connectivity index (χ3n) is 6.70. The molecule has 0 radical (unpaired) electrons. The number of amides is 1. The molecule has 1 saturated heterocycles. The van der Waals surface area contributed by atoms with Crippen molar-refractivity contribution in [3.63, 3.8) is 0 Å². The summed E-state index contributed by atoms with van der Waals surface area (Å²) in [4.78, 5) is 47.9. The van der Waals surface area contributed by atoms with Gasteiger partial charge in [-0.15, -0.1) is 0 Å². The van der Waals surface area contributed by atoms with Crippen molar-refractivity contribution in [2.45, 2.75) is 78.8 Å². The van der Waals surface area contributed by atoms with Gasteiger partial charge in [-0.25, -0.2) is 9.78 Å². The van der Waals surface area contributed by atoms with Crippen LogP contribution in [0.4, 0.5) is 11.4 Å². The van der Waals surface area contributed by atoms with Gasteiger partial charge in [0.25, 0.3) is 5.56 Å². The molecule has 1 aliphatic rings. The van der Waals surface area contributed by atoms with Gasteiger partial charge in [-0.2, -0.15) is 0 Å². The summed E-state index contributed by atoms with van der Waals surface area (Å²) in [6.07, 6.45) is 5.91. The summed E-state index contributed by atoms with van der Waals surface area (Å²) >= 11 is 0. The molecule has 1 aromatic carbocycles. The first-order chi connectivity index (χ1) is 17.4. The molecule has 194 valence electrons. The number of carbonyl (C=O) groups is 1. The van der Waals surface area contributed by atoms with Crippen LogP contribution in [0.1, 0.15) is 65.1 Å². The zero-order chi connectivity index (χ0) is 25.7. The van der Waals surface area contributed by atoms with Crippen molar-refractivity contribution in [2.24, 2.45) is 5.92 Å². The summed E-state index contributed by atoms with van der Waals surface area (Å²) < 4.78 is 3.44. The fourth-order valence-electron chi connectivity index (χ4n) is 4.92. The van der Waals surface area contributed by atoms with E-state index in [0.29, 0.717) is 36.5 Å². The second-order valence-corrected chi connectivity index (χ2v) is 10.1. The Labute approximate surface area is 211 Å². The van der Waals surface area contributed by atoms with Gasteiger partial charge >= 0.3 is 5.69 Å². The monoisotopic (exact) mass is 494 g/mol. The Balaban J connectivity index is 1.58. The van der Waals surface area contributed by atoms with Crippen molar-refractivity contribution < 1.29 is 4.79 Å². The lowest BCUT2D eigenvalue weighted by atomic mass is 10.1. The number of anilines is 2. The van der Waals surface area contributed by atoms with Gasteiger partial charge in [-0.05, 0) is 43.7 Å². The van der Waals surface area contributed by atoms with Crippen LogP contribution in [-0.2, 0) is 24.3 Å². The topological polar surface area (TPSA) is 105 Å². The zero-order valence-electron chi connectivity index (χ0n) is 21.7. The van der Waals surface area contributed by atoms with Crippen LogP contribution >= 0.6 is 0 Å². The summed E-state index contributed by atoms with van der Waals surface area (Å²) in [7, 11) is 0. The number of nitrogens with zero attached hydrogens (tertiary/aromatic N) is 4. The number of aryl methyl sites for hydroxylation is 2. The third kappa shape index (κ3) is 5.71. The van der Waals surface area contributed by atoms with Crippen LogP contribution in [0.5, 0.6) is 0 Å². The number of nitrogens with one attached hydrogen (secondary N) is 2. The Hall–Kier alpha value is -3.36. The Bertz CT molecular complexity index is 1310. The Morgan fingerprint density at radius 3 is 2.58 bits per heavy atom. The minimum Gasteiger partial charge on any atom is -0.370 e. The van der Waals surface area contributed by atoms with E-state index in [2.05, 4.69) is 42.0 Å². The molecule has 0 aliphatic carbocycles. The molecule has 0 bridgehead atoms. The maximum absolute atomic E-state index is 13.0. The maximum Gasteiger partial charge on any atom is 0.330 e. The summed E-state index contributed by atoms with van der Waals surface area (Å²) in [6.45, 7) is 9.27. The highest BCUT2D eigenvalue weighted by Gasteiger charge is 2.20. The molecule has 3 aromatic rings. The molecule has 0 saturated carbocycles. The number of rotatable bonds is 10. The highest BCUT2D eigenvalue weighted by atomic mass is 16.2. The van der Waals surface area contributed by atoms with Crippen LogP contribution in [0.15, 0.2) is 33.9 Å². The molecule has 1 fully saturated rings. The highest BCUT2D eigenvalue weighted by molar-refractivity contribution is 5.94. The smallest absolute Gasteiger partial charge is 0.330 e.